The summed E-state index contributed by atoms with van der Waals surface area (Å²) in [6.07, 6.45) is 0.897. The Morgan fingerprint density at radius 2 is 1.21 bits per heavy atom. The summed E-state index contributed by atoms with van der Waals surface area (Å²) in [5.41, 5.74) is -1.41. The van der Waals surface area contributed by atoms with Crippen LogP contribution < -0.4 is 53.5 Å². The summed E-state index contributed by atoms with van der Waals surface area (Å²) >= 11 is 5.06. The largest absolute Gasteiger partial charge is 1.00 e. The molecule has 0 aromatic carbocycles. The van der Waals surface area contributed by atoms with Gasteiger partial charge in [0.2, 0.25) is 13.6 Å². The topological polar surface area (TPSA) is 159 Å². The maximum atomic E-state index is 12.1. The quantitative estimate of drug-likeness (QED) is 0.0379. The molecule has 0 atom stereocenters. The molecule has 0 aliphatic rings. The molecule has 0 spiro atoms. The fraction of sp³-hybridized carbons (Fsp3) is 0.708. The van der Waals surface area contributed by atoms with Crippen molar-refractivity contribution in [3.63, 3.8) is 0 Å². The standard InChI is InChI=1S/C14H25O7P.C5H9ClO3.C5H11O3P.HI.Na/c1-8-22(17,20-9-18-11(15)13(2,3)4)21-10-19-12(16)14(5,6)7;1-4(2)9-5(7)8-3-6;1-4-5-9(6,7-2)8-3;;/h8H,1,9-10H2,2-7H3;4H,3H2,1-2H3;4H,1,5H2,2-3H3;1H;/q;;;;+1/p-1. The van der Waals surface area contributed by atoms with Gasteiger partial charge >= 0.3 is 62.8 Å². The van der Waals surface area contributed by atoms with E-state index in [1.165, 1.54) is 20.3 Å². The SMILES string of the molecule is C=CCP(=O)(OC)OC.C=CP(=O)(OCOC(=O)C(C)(C)C)OCOC(=O)C(C)(C)C.CC(C)OC(=O)OCCl.[I-].[Na+]. The molecule has 0 saturated carbocycles. The first-order valence-electron chi connectivity index (χ1n) is 11.7. The number of hydrogen-bond acceptors (Lipinski definition) is 13. The molecule has 0 unspecified atom stereocenters. The van der Waals surface area contributed by atoms with Crippen molar-refractivity contribution in [1.82, 2.24) is 0 Å². The number of halogens is 2. The normalized spacial score (nSPS) is 11.0. The number of alkyl halides is 1. The smallest absolute Gasteiger partial charge is 1.00 e. The van der Waals surface area contributed by atoms with E-state index in [9.17, 15) is 23.5 Å². The third-order valence-electron chi connectivity index (χ3n) is 3.71. The molecule has 0 aliphatic carbocycles. The van der Waals surface area contributed by atoms with Gasteiger partial charge < -0.3 is 52.0 Å². The molecule has 0 aromatic heterocycles. The van der Waals surface area contributed by atoms with Crippen LogP contribution in [0.15, 0.2) is 25.1 Å². The molecule has 0 saturated heterocycles. The van der Waals surface area contributed by atoms with Crippen LogP contribution in [0.3, 0.4) is 0 Å². The molecule has 42 heavy (non-hydrogen) atoms. The molecule has 13 nitrogen and oxygen atoms in total. The van der Waals surface area contributed by atoms with E-state index in [2.05, 4.69) is 31.7 Å². The van der Waals surface area contributed by atoms with Gasteiger partial charge in [0, 0.05) is 20.0 Å². The summed E-state index contributed by atoms with van der Waals surface area (Å²) in [5.74, 6) is -0.0763. The Hall–Kier alpha value is 0.0100. The van der Waals surface area contributed by atoms with Gasteiger partial charge in [0.1, 0.15) is 0 Å². The third kappa shape index (κ3) is 28.8. The first-order chi connectivity index (χ1) is 18.2. The van der Waals surface area contributed by atoms with Crippen LogP contribution in [0.1, 0.15) is 55.4 Å². The van der Waals surface area contributed by atoms with Gasteiger partial charge in [-0.3, -0.25) is 27.8 Å². The minimum absolute atomic E-state index is 0. The molecule has 0 fully saturated rings. The fourth-order valence-electron chi connectivity index (χ4n) is 1.54. The summed E-state index contributed by atoms with van der Waals surface area (Å²) in [6.45, 7) is 19.1. The van der Waals surface area contributed by atoms with Crippen LogP contribution in [0.5, 0.6) is 0 Å². The Kier molecular flexibility index (Phi) is 32.2. The van der Waals surface area contributed by atoms with E-state index >= 15 is 0 Å². The summed E-state index contributed by atoms with van der Waals surface area (Å²) in [5, 5.41) is 0. The molecule has 0 aromatic rings. The number of carbonyl (C=O) groups is 3. The Balaban J connectivity index is -0.000000189. The predicted molar refractivity (Wildman–Crippen MR) is 151 cm³/mol. The Morgan fingerprint density at radius 3 is 1.43 bits per heavy atom. The maximum absolute atomic E-state index is 12.1. The van der Waals surface area contributed by atoms with Crippen molar-refractivity contribution in [2.24, 2.45) is 10.8 Å². The average molecular weight is 789 g/mol. The molecule has 0 heterocycles. The van der Waals surface area contributed by atoms with E-state index in [4.69, 9.17) is 30.1 Å². The summed E-state index contributed by atoms with van der Waals surface area (Å²) in [6, 6.07) is -0.161. The van der Waals surface area contributed by atoms with Gasteiger partial charge in [-0.15, -0.1) is 6.58 Å². The molecule has 18 heteroatoms. The number of allylic oxidation sites excluding steroid dienone is 1. The van der Waals surface area contributed by atoms with Gasteiger partial charge in [-0.1, -0.05) is 24.3 Å². The maximum Gasteiger partial charge on any atom is 1.00 e. The number of carbonyl (C=O) groups excluding carboxylic acids is 3. The van der Waals surface area contributed by atoms with Crippen molar-refractivity contribution in [2.75, 3.05) is 40.0 Å². The zero-order chi connectivity index (χ0) is 32.2. The summed E-state index contributed by atoms with van der Waals surface area (Å²) in [4.78, 5) is 33.4. The number of ether oxygens (including phenoxy) is 4. The minimum Gasteiger partial charge on any atom is -1.00 e. The fourth-order valence-corrected chi connectivity index (χ4v) is 3.07. The predicted octanol–water partition coefficient (Wildman–Crippen LogP) is 0.860. The Morgan fingerprint density at radius 1 is 0.833 bits per heavy atom. The van der Waals surface area contributed by atoms with E-state index < -0.39 is 57.7 Å². The van der Waals surface area contributed by atoms with Crippen LogP contribution in [-0.4, -0.2) is 64.2 Å². The molecule has 244 valence electrons. The van der Waals surface area contributed by atoms with Gasteiger partial charge in [-0.25, -0.2) is 4.79 Å². The van der Waals surface area contributed by atoms with E-state index in [0.29, 0.717) is 0 Å². The second-order valence-corrected chi connectivity index (χ2v) is 14.2. The van der Waals surface area contributed by atoms with Gasteiger partial charge in [-0.05, 0) is 55.4 Å². The number of rotatable bonds is 13. The van der Waals surface area contributed by atoms with Crippen molar-refractivity contribution in [3.05, 3.63) is 25.1 Å². The molecule has 0 N–H and O–H groups in total. The van der Waals surface area contributed by atoms with Gasteiger partial charge in [0.05, 0.1) is 23.1 Å². The van der Waals surface area contributed by atoms with Crippen LogP contribution in [-0.2, 0) is 55.8 Å². The number of esters is 2. The van der Waals surface area contributed by atoms with Crippen molar-refractivity contribution >= 4 is 44.9 Å². The Labute approximate surface area is 294 Å². The van der Waals surface area contributed by atoms with Gasteiger partial charge in [0.25, 0.3) is 0 Å². The zero-order valence-electron chi connectivity index (χ0n) is 26.4. The van der Waals surface area contributed by atoms with E-state index in [1.54, 1.807) is 55.4 Å². The third-order valence-corrected chi connectivity index (χ3v) is 7.01. The van der Waals surface area contributed by atoms with Crippen LogP contribution in [0.2, 0.25) is 0 Å². The van der Waals surface area contributed by atoms with E-state index in [-0.39, 0.29) is 71.9 Å². The van der Waals surface area contributed by atoms with Gasteiger partial charge in [0.15, 0.2) is 6.07 Å². The molecule has 0 amide bonds. The zero-order valence-corrected chi connectivity index (χ0v) is 33.1. The second-order valence-electron chi connectivity index (χ2n) is 9.70. The molecule has 0 aliphatic heterocycles. The van der Waals surface area contributed by atoms with Crippen molar-refractivity contribution in [1.29, 1.82) is 0 Å². The van der Waals surface area contributed by atoms with Crippen molar-refractivity contribution in [3.8, 4) is 0 Å². The number of hydrogen-bond donors (Lipinski definition) is 0. The van der Waals surface area contributed by atoms with Crippen LogP contribution >= 0.6 is 26.8 Å². The monoisotopic (exact) mass is 788 g/mol. The van der Waals surface area contributed by atoms with Crippen molar-refractivity contribution in [2.45, 2.75) is 61.5 Å². The molecule has 0 bridgehead atoms. The molecular weight excluding hydrogens is 744 g/mol. The second kappa shape index (κ2) is 26.2. The van der Waals surface area contributed by atoms with Gasteiger partial charge in [-0.2, -0.15) is 0 Å². The Bertz CT molecular complexity index is 847. The first kappa shape index (κ1) is 51.6. The first-order valence-corrected chi connectivity index (χ1v) is 15.6. The molecular formula is C24H45ClINaO13P2. The average Bonchev–Trinajstić information content (AvgIpc) is 2.83. The molecule has 0 rings (SSSR count). The minimum atomic E-state index is -3.71. The van der Waals surface area contributed by atoms with Crippen LogP contribution in [0.25, 0.3) is 0 Å². The van der Waals surface area contributed by atoms with Crippen molar-refractivity contribution < 1.29 is 114 Å². The van der Waals surface area contributed by atoms with Crippen LogP contribution in [0.4, 0.5) is 4.79 Å². The summed E-state index contributed by atoms with van der Waals surface area (Å²) < 4.78 is 60.5. The van der Waals surface area contributed by atoms with E-state index in [0.717, 1.165) is 5.82 Å². The van der Waals surface area contributed by atoms with E-state index in [1.807, 2.05) is 0 Å². The summed E-state index contributed by atoms with van der Waals surface area (Å²) in [7, 11) is -3.80. The van der Waals surface area contributed by atoms with Crippen LogP contribution in [0, 0.1) is 10.8 Å². The molecule has 0 radical (unpaired) electrons.